The monoisotopic (exact) mass is 341 g/mol. The van der Waals surface area contributed by atoms with Gasteiger partial charge in [-0.25, -0.2) is 4.98 Å². The maximum absolute atomic E-state index is 5.31. The number of thioether (sulfide) groups is 1. The average Bonchev–Trinajstić information content (AvgIpc) is 3.23. The van der Waals surface area contributed by atoms with Crippen LogP contribution in [0.5, 0.6) is 0 Å². The maximum atomic E-state index is 5.31. The van der Waals surface area contributed by atoms with Gasteiger partial charge < -0.3 is 4.52 Å². The fourth-order valence-corrected chi connectivity index (χ4v) is 2.74. The lowest BCUT2D eigenvalue weighted by Gasteiger charge is -2.01. The van der Waals surface area contributed by atoms with Gasteiger partial charge in [-0.15, -0.1) is 5.10 Å². The standard InChI is InChI=1S/C17H19N5OS/c1-11(2)15-19-16(23-22-15)12(3)24-17-18-14(20-21-17)10-9-13-7-5-4-6-8-13/h4-12H,1-3H3,(H,18,20,21)/b10-9+. The number of nitrogens with one attached hydrogen (secondary N) is 1. The largest absolute Gasteiger partial charge is 0.338 e. The van der Waals surface area contributed by atoms with Gasteiger partial charge in [-0.1, -0.05) is 67.2 Å². The molecule has 0 bridgehead atoms. The minimum Gasteiger partial charge on any atom is -0.338 e. The Balaban J connectivity index is 1.64. The van der Waals surface area contributed by atoms with Crippen molar-refractivity contribution in [3.63, 3.8) is 0 Å². The van der Waals surface area contributed by atoms with Crippen molar-refractivity contribution in [3.05, 3.63) is 53.4 Å². The molecular weight excluding hydrogens is 322 g/mol. The van der Waals surface area contributed by atoms with Crippen LogP contribution in [0, 0.1) is 0 Å². The first-order chi connectivity index (χ1) is 11.6. The molecule has 1 N–H and O–H groups in total. The summed E-state index contributed by atoms with van der Waals surface area (Å²) in [7, 11) is 0. The number of H-pyrrole nitrogens is 1. The normalized spacial score (nSPS) is 13.0. The van der Waals surface area contributed by atoms with E-state index in [9.17, 15) is 0 Å². The predicted octanol–water partition coefficient (Wildman–Crippen LogP) is 4.33. The molecule has 24 heavy (non-hydrogen) atoms. The van der Waals surface area contributed by atoms with Crippen molar-refractivity contribution in [1.29, 1.82) is 0 Å². The molecule has 1 unspecified atom stereocenters. The molecule has 7 heteroatoms. The minimum atomic E-state index is -0.00764. The van der Waals surface area contributed by atoms with E-state index in [1.807, 2.05) is 63.3 Å². The quantitative estimate of drug-likeness (QED) is 0.672. The first-order valence-electron chi connectivity index (χ1n) is 7.77. The molecule has 124 valence electrons. The van der Waals surface area contributed by atoms with Gasteiger partial charge in [0.1, 0.15) is 5.82 Å². The summed E-state index contributed by atoms with van der Waals surface area (Å²) in [4.78, 5) is 8.86. The Labute approximate surface area is 144 Å². The molecule has 1 aromatic carbocycles. The molecule has 2 heterocycles. The van der Waals surface area contributed by atoms with Crippen molar-refractivity contribution in [2.45, 2.75) is 37.1 Å². The smallest absolute Gasteiger partial charge is 0.239 e. The van der Waals surface area contributed by atoms with Crippen LogP contribution in [0.3, 0.4) is 0 Å². The highest BCUT2D eigenvalue weighted by Crippen LogP contribution is 2.32. The summed E-state index contributed by atoms with van der Waals surface area (Å²) < 4.78 is 5.31. The molecule has 0 fully saturated rings. The summed E-state index contributed by atoms with van der Waals surface area (Å²) in [6.07, 6.45) is 3.89. The summed E-state index contributed by atoms with van der Waals surface area (Å²) in [6.45, 7) is 6.07. The fourth-order valence-electron chi connectivity index (χ4n) is 1.98. The number of hydrogen-bond acceptors (Lipinski definition) is 6. The van der Waals surface area contributed by atoms with Gasteiger partial charge in [0.25, 0.3) is 0 Å². The van der Waals surface area contributed by atoms with Crippen LogP contribution in [0.4, 0.5) is 0 Å². The Hall–Kier alpha value is -2.41. The summed E-state index contributed by atoms with van der Waals surface area (Å²) in [5.74, 6) is 2.27. The molecule has 0 aliphatic rings. The van der Waals surface area contributed by atoms with Gasteiger partial charge in [0, 0.05) is 5.92 Å². The van der Waals surface area contributed by atoms with Gasteiger partial charge in [-0.05, 0) is 18.6 Å². The Morgan fingerprint density at radius 1 is 1.08 bits per heavy atom. The van der Waals surface area contributed by atoms with Crippen molar-refractivity contribution in [1.82, 2.24) is 25.3 Å². The number of aromatic nitrogens is 5. The molecule has 3 aromatic rings. The Morgan fingerprint density at radius 3 is 2.58 bits per heavy atom. The SMILES string of the molecule is CC(C)c1noc(C(C)Sc2n[nH]c(/C=C/c3ccccc3)n2)n1. The third-order valence-corrected chi connectivity index (χ3v) is 4.27. The van der Waals surface area contributed by atoms with Gasteiger partial charge in [0.15, 0.2) is 5.82 Å². The molecule has 6 nitrogen and oxygen atoms in total. The summed E-state index contributed by atoms with van der Waals surface area (Å²) in [5.41, 5.74) is 1.11. The van der Waals surface area contributed by atoms with Gasteiger partial charge in [0.2, 0.25) is 11.0 Å². The van der Waals surface area contributed by atoms with Gasteiger partial charge in [0.05, 0.1) is 5.25 Å². The maximum Gasteiger partial charge on any atom is 0.239 e. The molecule has 0 spiro atoms. The highest BCUT2D eigenvalue weighted by Gasteiger charge is 2.18. The number of hydrogen-bond donors (Lipinski definition) is 1. The van der Waals surface area contributed by atoms with Crippen molar-refractivity contribution in [2.24, 2.45) is 0 Å². The molecule has 3 rings (SSSR count). The Bertz CT molecular complexity index is 809. The Morgan fingerprint density at radius 2 is 1.88 bits per heavy atom. The Kier molecular flexibility index (Phi) is 5.10. The molecule has 0 saturated heterocycles. The zero-order valence-corrected chi connectivity index (χ0v) is 14.6. The van der Waals surface area contributed by atoms with E-state index >= 15 is 0 Å². The highest BCUT2D eigenvalue weighted by molar-refractivity contribution is 7.99. The summed E-state index contributed by atoms with van der Waals surface area (Å²) in [5, 5.41) is 11.8. The molecule has 0 saturated carbocycles. The first-order valence-corrected chi connectivity index (χ1v) is 8.65. The third kappa shape index (κ3) is 4.11. The van der Waals surface area contributed by atoms with E-state index in [4.69, 9.17) is 4.52 Å². The van der Waals surface area contributed by atoms with E-state index in [1.54, 1.807) is 0 Å². The van der Waals surface area contributed by atoms with Crippen molar-refractivity contribution in [2.75, 3.05) is 0 Å². The molecular formula is C17H19N5OS. The summed E-state index contributed by atoms with van der Waals surface area (Å²) in [6, 6.07) is 10.1. The second-order valence-corrected chi connectivity index (χ2v) is 6.96. The van der Waals surface area contributed by atoms with Gasteiger partial charge in [-0.3, -0.25) is 5.10 Å². The number of aromatic amines is 1. The van der Waals surface area contributed by atoms with E-state index in [1.165, 1.54) is 11.8 Å². The van der Waals surface area contributed by atoms with Crippen LogP contribution in [-0.4, -0.2) is 25.3 Å². The van der Waals surface area contributed by atoms with Crippen LogP contribution < -0.4 is 0 Å². The van der Waals surface area contributed by atoms with Crippen molar-refractivity contribution < 1.29 is 4.52 Å². The molecule has 0 aliphatic carbocycles. The van der Waals surface area contributed by atoms with E-state index in [-0.39, 0.29) is 11.2 Å². The third-order valence-electron chi connectivity index (χ3n) is 3.32. The second kappa shape index (κ2) is 7.44. The summed E-state index contributed by atoms with van der Waals surface area (Å²) >= 11 is 1.48. The van der Waals surface area contributed by atoms with Crippen LogP contribution in [0.15, 0.2) is 40.0 Å². The molecule has 0 aliphatic heterocycles. The predicted molar refractivity (Wildman–Crippen MR) is 94.4 cm³/mol. The molecule has 0 radical (unpaired) electrons. The first kappa shape index (κ1) is 16.4. The average molecular weight is 341 g/mol. The van der Waals surface area contributed by atoms with Crippen LogP contribution >= 0.6 is 11.8 Å². The second-order valence-electron chi connectivity index (χ2n) is 5.65. The molecule has 0 amide bonds. The number of rotatable bonds is 6. The van der Waals surface area contributed by atoms with Crippen LogP contribution in [-0.2, 0) is 0 Å². The fraction of sp³-hybridized carbons (Fsp3) is 0.294. The number of nitrogens with zero attached hydrogens (tertiary/aromatic N) is 4. The van der Waals surface area contributed by atoms with Crippen LogP contribution in [0.2, 0.25) is 0 Å². The topological polar surface area (TPSA) is 80.5 Å². The lowest BCUT2D eigenvalue weighted by molar-refractivity contribution is 0.373. The van der Waals surface area contributed by atoms with Crippen LogP contribution in [0.25, 0.3) is 12.2 Å². The minimum absolute atomic E-state index is 0.00764. The zero-order valence-electron chi connectivity index (χ0n) is 13.8. The zero-order chi connectivity index (χ0) is 16.9. The molecule has 2 aromatic heterocycles. The van der Waals surface area contributed by atoms with E-state index < -0.39 is 0 Å². The lowest BCUT2D eigenvalue weighted by Crippen LogP contribution is -1.93. The number of benzene rings is 1. The molecule has 1 atom stereocenters. The van der Waals surface area contributed by atoms with Crippen molar-refractivity contribution in [3.8, 4) is 0 Å². The van der Waals surface area contributed by atoms with E-state index in [0.29, 0.717) is 16.9 Å². The van der Waals surface area contributed by atoms with Gasteiger partial charge >= 0.3 is 0 Å². The van der Waals surface area contributed by atoms with Crippen LogP contribution in [0.1, 0.15) is 55.0 Å². The van der Waals surface area contributed by atoms with E-state index in [2.05, 4.69) is 25.3 Å². The highest BCUT2D eigenvalue weighted by atomic mass is 32.2. The van der Waals surface area contributed by atoms with Crippen molar-refractivity contribution >= 4 is 23.9 Å². The van der Waals surface area contributed by atoms with Gasteiger partial charge in [-0.2, -0.15) is 4.98 Å². The van der Waals surface area contributed by atoms with E-state index in [0.717, 1.165) is 11.4 Å². The lowest BCUT2D eigenvalue weighted by atomic mass is 10.2.